The molecular weight excluding hydrogens is 220 g/mol. The average molecular weight is 240 g/mol. The van der Waals surface area contributed by atoms with E-state index in [0.717, 1.165) is 26.1 Å². The van der Waals surface area contributed by atoms with Crippen LogP contribution < -0.4 is 10.2 Å². The van der Waals surface area contributed by atoms with Gasteiger partial charge in [-0.15, -0.1) is 5.10 Å². The minimum absolute atomic E-state index is 0.0827. The molecule has 1 atom stereocenters. The van der Waals surface area contributed by atoms with Crippen LogP contribution in [0.5, 0.6) is 0 Å². The second-order valence-corrected chi connectivity index (χ2v) is 4.39. The topological polar surface area (TPSA) is 63.4 Å². The summed E-state index contributed by atoms with van der Waals surface area (Å²) in [5, 5.41) is 11.2. The number of aromatic nitrogens is 2. The fourth-order valence-electron chi connectivity index (χ4n) is 1.90. The smallest absolute Gasteiger partial charge is 0.318 e. The average Bonchev–Trinajstić information content (AvgIpc) is 2.87. The molecular formula is C11H20N4O2. The molecule has 0 aliphatic carbocycles. The quantitative estimate of drug-likeness (QED) is 0.846. The largest absolute Gasteiger partial charge is 0.406 e. The summed E-state index contributed by atoms with van der Waals surface area (Å²) in [4.78, 5) is 2.06. The van der Waals surface area contributed by atoms with Crippen molar-refractivity contribution in [3.05, 3.63) is 5.89 Å². The maximum atomic E-state index is 5.65. The van der Waals surface area contributed by atoms with Crippen LogP contribution >= 0.6 is 0 Å². The predicted molar refractivity (Wildman–Crippen MR) is 64.0 cm³/mol. The molecule has 1 aromatic rings. The first-order valence-corrected chi connectivity index (χ1v) is 6.03. The van der Waals surface area contributed by atoms with Gasteiger partial charge in [0.05, 0.1) is 6.04 Å². The van der Waals surface area contributed by atoms with Crippen molar-refractivity contribution < 1.29 is 9.15 Å². The predicted octanol–water partition coefficient (Wildman–Crippen LogP) is 0.965. The Balaban J connectivity index is 2.03. The second-order valence-electron chi connectivity index (χ2n) is 4.39. The van der Waals surface area contributed by atoms with Crippen LogP contribution in [0, 0.1) is 0 Å². The summed E-state index contributed by atoms with van der Waals surface area (Å²) >= 11 is 0. The third-order valence-corrected chi connectivity index (χ3v) is 3.27. The molecule has 0 radical (unpaired) electrons. The Kier molecular flexibility index (Phi) is 3.96. The number of hydrogen-bond acceptors (Lipinski definition) is 6. The summed E-state index contributed by atoms with van der Waals surface area (Å²) in [7, 11) is 3.87. The van der Waals surface area contributed by atoms with Gasteiger partial charge in [0.25, 0.3) is 0 Å². The Morgan fingerprint density at radius 1 is 1.35 bits per heavy atom. The number of rotatable bonds is 4. The summed E-state index contributed by atoms with van der Waals surface area (Å²) in [5.74, 6) is 0.626. The third-order valence-electron chi connectivity index (χ3n) is 3.27. The van der Waals surface area contributed by atoms with Crippen LogP contribution in [-0.4, -0.2) is 43.5 Å². The highest BCUT2D eigenvalue weighted by atomic mass is 16.5. The fourth-order valence-corrected chi connectivity index (χ4v) is 1.90. The van der Waals surface area contributed by atoms with Crippen molar-refractivity contribution in [3.8, 4) is 0 Å². The van der Waals surface area contributed by atoms with Crippen molar-refractivity contribution >= 4 is 6.01 Å². The molecule has 2 rings (SSSR count). The molecule has 0 aromatic carbocycles. The molecule has 0 bridgehead atoms. The Bertz CT molecular complexity index is 349. The zero-order valence-corrected chi connectivity index (χ0v) is 10.6. The zero-order valence-electron chi connectivity index (χ0n) is 10.6. The summed E-state index contributed by atoms with van der Waals surface area (Å²) in [6.07, 6.45) is 2.02. The molecule has 1 aromatic heterocycles. The maximum Gasteiger partial charge on any atom is 0.318 e. The van der Waals surface area contributed by atoms with E-state index in [1.54, 1.807) is 0 Å². The van der Waals surface area contributed by atoms with Gasteiger partial charge in [0, 0.05) is 26.3 Å². The van der Waals surface area contributed by atoms with Gasteiger partial charge in [0.15, 0.2) is 0 Å². The molecule has 1 aliphatic rings. The summed E-state index contributed by atoms with van der Waals surface area (Å²) in [6, 6.07) is 1.11. The lowest BCUT2D eigenvalue weighted by Crippen LogP contribution is -2.36. The van der Waals surface area contributed by atoms with Gasteiger partial charge >= 0.3 is 6.01 Å². The summed E-state index contributed by atoms with van der Waals surface area (Å²) < 4.78 is 11.0. The third kappa shape index (κ3) is 2.76. The number of nitrogens with one attached hydrogen (secondary N) is 1. The SMILES string of the molecule is CNC(C)c1nnc(N(C)C2CCOCC2)o1. The Labute approximate surface area is 101 Å². The molecule has 2 heterocycles. The van der Waals surface area contributed by atoms with Crippen molar-refractivity contribution in [2.75, 3.05) is 32.2 Å². The number of hydrogen-bond donors (Lipinski definition) is 1. The second kappa shape index (κ2) is 5.46. The minimum atomic E-state index is 0.0827. The normalized spacial score (nSPS) is 19.2. The Hall–Kier alpha value is -1.14. The van der Waals surface area contributed by atoms with Crippen LogP contribution in [-0.2, 0) is 4.74 Å². The van der Waals surface area contributed by atoms with E-state index in [4.69, 9.17) is 9.15 Å². The fraction of sp³-hybridized carbons (Fsp3) is 0.818. The van der Waals surface area contributed by atoms with Gasteiger partial charge in [-0.25, -0.2) is 0 Å². The molecule has 1 N–H and O–H groups in total. The lowest BCUT2D eigenvalue weighted by atomic mass is 10.1. The van der Waals surface area contributed by atoms with Crippen molar-refractivity contribution in [3.63, 3.8) is 0 Å². The van der Waals surface area contributed by atoms with E-state index in [1.165, 1.54) is 0 Å². The molecule has 0 saturated carbocycles. The van der Waals surface area contributed by atoms with Gasteiger partial charge in [0.2, 0.25) is 5.89 Å². The number of ether oxygens (including phenoxy) is 1. The number of nitrogens with zero attached hydrogens (tertiary/aromatic N) is 3. The van der Waals surface area contributed by atoms with E-state index in [0.29, 0.717) is 17.9 Å². The Morgan fingerprint density at radius 3 is 2.71 bits per heavy atom. The maximum absolute atomic E-state index is 5.65. The van der Waals surface area contributed by atoms with Gasteiger partial charge in [-0.3, -0.25) is 0 Å². The van der Waals surface area contributed by atoms with Crippen molar-refractivity contribution in [2.45, 2.75) is 31.8 Å². The van der Waals surface area contributed by atoms with Crippen LogP contribution in [0.4, 0.5) is 6.01 Å². The molecule has 96 valence electrons. The van der Waals surface area contributed by atoms with Gasteiger partial charge < -0.3 is 19.4 Å². The molecule has 6 nitrogen and oxygen atoms in total. The van der Waals surface area contributed by atoms with E-state index in [9.17, 15) is 0 Å². The van der Waals surface area contributed by atoms with Gasteiger partial charge in [0.1, 0.15) is 0 Å². The highest BCUT2D eigenvalue weighted by Gasteiger charge is 2.23. The monoisotopic (exact) mass is 240 g/mol. The first-order chi connectivity index (χ1) is 8.22. The molecule has 1 fully saturated rings. The molecule has 1 saturated heterocycles. The van der Waals surface area contributed by atoms with Gasteiger partial charge in [-0.1, -0.05) is 5.10 Å². The first-order valence-electron chi connectivity index (χ1n) is 6.03. The van der Waals surface area contributed by atoms with Crippen LogP contribution in [0.2, 0.25) is 0 Å². The van der Waals surface area contributed by atoms with Crippen molar-refractivity contribution in [1.82, 2.24) is 15.5 Å². The van der Waals surface area contributed by atoms with Crippen LogP contribution in [0.3, 0.4) is 0 Å². The summed E-state index contributed by atoms with van der Waals surface area (Å²) in [5.41, 5.74) is 0. The Morgan fingerprint density at radius 2 is 2.06 bits per heavy atom. The van der Waals surface area contributed by atoms with Gasteiger partial charge in [-0.2, -0.15) is 0 Å². The lowest BCUT2D eigenvalue weighted by Gasteiger charge is -2.29. The summed E-state index contributed by atoms with van der Waals surface area (Å²) in [6.45, 7) is 3.61. The molecule has 17 heavy (non-hydrogen) atoms. The van der Waals surface area contributed by atoms with E-state index in [-0.39, 0.29) is 6.04 Å². The highest BCUT2D eigenvalue weighted by Crippen LogP contribution is 2.21. The van der Waals surface area contributed by atoms with Crippen molar-refractivity contribution in [2.24, 2.45) is 0 Å². The van der Waals surface area contributed by atoms with E-state index in [2.05, 4.69) is 20.4 Å². The van der Waals surface area contributed by atoms with Gasteiger partial charge in [-0.05, 0) is 26.8 Å². The molecule has 0 amide bonds. The molecule has 1 aliphatic heterocycles. The van der Waals surface area contributed by atoms with Crippen LogP contribution in [0.15, 0.2) is 4.42 Å². The zero-order chi connectivity index (χ0) is 12.3. The van der Waals surface area contributed by atoms with Crippen molar-refractivity contribution in [1.29, 1.82) is 0 Å². The van der Waals surface area contributed by atoms with E-state index < -0.39 is 0 Å². The van der Waals surface area contributed by atoms with E-state index in [1.807, 2.05) is 21.0 Å². The van der Waals surface area contributed by atoms with E-state index >= 15 is 0 Å². The molecule has 1 unspecified atom stereocenters. The molecule has 0 spiro atoms. The van der Waals surface area contributed by atoms with Crippen LogP contribution in [0.1, 0.15) is 31.7 Å². The highest BCUT2D eigenvalue weighted by molar-refractivity contribution is 5.25. The first kappa shape index (κ1) is 12.3. The van der Waals surface area contributed by atoms with Crippen LogP contribution in [0.25, 0.3) is 0 Å². The molecule has 6 heteroatoms. The lowest BCUT2D eigenvalue weighted by molar-refractivity contribution is 0.0845. The number of anilines is 1. The standard InChI is InChI=1S/C11H20N4O2/c1-8(12-2)10-13-14-11(17-10)15(3)9-4-6-16-7-5-9/h8-9,12H,4-7H2,1-3H3. The minimum Gasteiger partial charge on any atom is -0.406 e.